The number of thioether (sulfide) groups is 1. The molecule has 1 amide bonds. The highest BCUT2D eigenvalue weighted by molar-refractivity contribution is 8.14. The summed E-state index contributed by atoms with van der Waals surface area (Å²) in [5.41, 5.74) is 1.39. The Morgan fingerprint density at radius 1 is 1.42 bits per heavy atom. The van der Waals surface area contributed by atoms with Gasteiger partial charge in [-0.25, -0.2) is 4.79 Å². The first kappa shape index (κ1) is 12.2. The van der Waals surface area contributed by atoms with E-state index < -0.39 is 12.1 Å². The Morgan fingerprint density at radius 2 is 2.26 bits per heavy atom. The lowest BCUT2D eigenvalue weighted by Crippen LogP contribution is -2.43. The van der Waals surface area contributed by atoms with E-state index in [2.05, 4.69) is 10.3 Å². The first-order chi connectivity index (χ1) is 9.24. The van der Waals surface area contributed by atoms with Crippen LogP contribution in [0.5, 0.6) is 0 Å². The predicted octanol–water partition coefficient (Wildman–Crippen LogP) is 0.987. The van der Waals surface area contributed by atoms with E-state index >= 15 is 0 Å². The van der Waals surface area contributed by atoms with E-state index in [9.17, 15) is 9.59 Å². The molecule has 2 aliphatic rings. The predicted molar refractivity (Wildman–Crippen MR) is 72.3 cm³/mol. The van der Waals surface area contributed by atoms with Crippen molar-refractivity contribution < 1.29 is 14.3 Å². The van der Waals surface area contributed by atoms with E-state index in [1.807, 2.05) is 12.1 Å². The van der Waals surface area contributed by atoms with Gasteiger partial charge in [0.25, 0.3) is 5.91 Å². The highest BCUT2D eigenvalue weighted by atomic mass is 32.2. The number of nitrogens with one attached hydrogen (secondary N) is 1. The summed E-state index contributed by atoms with van der Waals surface area (Å²) in [6.07, 6.45) is -0.364. The normalized spacial score (nSPS) is 21.4. The molecular formula is C13H12N2O3S. The van der Waals surface area contributed by atoms with Crippen LogP contribution in [0.2, 0.25) is 0 Å². The second kappa shape index (κ2) is 5.05. The van der Waals surface area contributed by atoms with Crippen molar-refractivity contribution >= 4 is 28.8 Å². The number of esters is 1. The van der Waals surface area contributed by atoms with Gasteiger partial charge < -0.3 is 10.1 Å². The number of hydrogen-bond donors (Lipinski definition) is 1. The topological polar surface area (TPSA) is 67.8 Å². The molecule has 0 spiro atoms. The molecule has 0 unspecified atom stereocenters. The molecule has 3 rings (SSSR count). The first-order valence-corrected chi connectivity index (χ1v) is 6.99. The molecule has 0 saturated carbocycles. The summed E-state index contributed by atoms with van der Waals surface area (Å²) in [6, 6.07) is 7.19. The van der Waals surface area contributed by atoms with Gasteiger partial charge in [-0.15, -0.1) is 0 Å². The lowest BCUT2D eigenvalue weighted by molar-refractivity contribution is -0.128. The molecule has 1 N–H and O–H groups in total. The number of carbonyl (C=O) groups is 2. The monoisotopic (exact) mass is 276 g/mol. The van der Waals surface area contributed by atoms with Crippen LogP contribution in [-0.2, 0) is 16.0 Å². The van der Waals surface area contributed by atoms with E-state index in [1.165, 1.54) is 11.8 Å². The van der Waals surface area contributed by atoms with Gasteiger partial charge in [-0.05, 0) is 11.6 Å². The SMILES string of the molecule is O=C1O[C@@H](C(=O)NC2=NCCS2)Cc2ccccc21. The zero-order valence-corrected chi connectivity index (χ0v) is 10.9. The van der Waals surface area contributed by atoms with E-state index in [0.717, 1.165) is 11.3 Å². The molecule has 2 heterocycles. The van der Waals surface area contributed by atoms with Crippen molar-refractivity contribution in [1.82, 2.24) is 5.32 Å². The minimum absolute atomic E-state index is 0.309. The Morgan fingerprint density at radius 3 is 3.05 bits per heavy atom. The molecule has 1 aromatic rings. The van der Waals surface area contributed by atoms with Gasteiger partial charge in [0.2, 0.25) is 0 Å². The maximum Gasteiger partial charge on any atom is 0.339 e. The Kier molecular flexibility index (Phi) is 3.25. The van der Waals surface area contributed by atoms with Crippen LogP contribution in [0.4, 0.5) is 0 Å². The standard InChI is InChI=1S/C13H12N2O3S/c16-11(15-13-14-5-6-19-13)10-7-8-3-1-2-4-9(8)12(17)18-10/h1-4,10H,5-7H2,(H,14,15,16)/t10-/m1/s1. The molecule has 5 nitrogen and oxygen atoms in total. The fraction of sp³-hybridized carbons (Fsp3) is 0.308. The lowest BCUT2D eigenvalue weighted by Gasteiger charge is -2.23. The number of rotatable bonds is 1. The maximum absolute atomic E-state index is 12.0. The van der Waals surface area contributed by atoms with Crippen LogP contribution < -0.4 is 5.32 Å². The van der Waals surface area contributed by atoms with Crippen molar-refractivity contribution in [3.8, 4) is 0 Å². The van der Waals surface area contributed by atoms with E-state index in [1.54, 1.807) is 12.1 Å². The number of amidine groups is 1. The average Bonchev–Trinajstić information content (AvgIpc) is 2.91. The van der Waals surface area contributed by atoms with Crippen LogP contribution in [0.3, 0.4) is 0 Å². The van der Waals surface area contributed by atoms with Gasteiger partial charge in [-0.2, -0.15) is 0 Å². The zero-order valence-electron chi connectivity index (χ0n) is 10.1. The third-order valence-electron chi connectivity index (χ3n) is 3.00. The summed E-state index contributed by atoms with van der Waals surface area (Å²) in [7, 11) is 0. The Hall–Kier alpha value is -1.82. The minimum Gasteiger partial charge on any atom is -0.448 e. The molecule has 0 bridgehead atoms. The van der Waals surface area contributed by atoms with Crippen LogP contribution in [0.15, 0.2) is 29.3 Å². The zero-order chi connectivity index (χ0) is 13.2. The summed E-state index contributed by atoms with van der Waals surface area (Å²) in [4.78, 5) is 28.0. The van der Waals surface area contributed by atoms with E-state index in [-0.39, 0.29) is 5.91 Å². The third-order valence-corrected chi connectivity index (χ3v) is 3.89. The first-order valence-electron chi connectivity index (χ1n) is 6.01. The molecule has 1 aromatic carbocycles. The molecule has 0 aliphatic carbocycles. The lowest BCUT2D eigenvalue weighted by atomic mass is 9.98. The largest absolute Gasteiger partial charge is 0.448 e. The maximum atomic E-state index is 12.0. The molecule has 0 fully saturated rings. The highest BCUT2D eigenvalue weighted by Gasteiger charge is 2.31. The van der Waals surface area contributed by atoms with Crippen molar-refractivity contribution in [2.24, 2.45) is 4.99 Å². The second-order valence-electron chi connectivity index (χ2n) is 4.28. The van der Waals surface area contributed by atoms with Gasteiger partial charge >= 0.3 is 5.97 Å². The average molecular weight is 276 g/mol. The smallest absolute Gasteiger partial charge is 0.339 e. The minimum atomic E-state index is -0.772. The molecule has 19 heavy (non-hydrogen) atoms. The van der Waals surface area contributed by atoms with Gasteiger partial charge in [0.05, 0.1) is 12.1 Å². The van der Waals surface area contributed by atoms with Crippen LogP contribution in [0.25, 0.3) is 0 Å². The van der Waals surface area contributed by atoms with E-state index in [0.29, 0.717) is 23.7 Å². The summed E-state index contributed by atoms with van der Waals surface area (Å²) in [5.74, 6) is 0.127. The van der Waals surface area contributed by atoms with Crippen molar-refractivity contribution in [2.75, 3.05) is 12.3 Å². The van der Waals surface area contributed by atoms with Gasteiger partial charge in [-0.1, -0.05) is 30.0 Å². The Balaban J connectivity index is 1.74. The molecule has 6 heteroatoms. The van der Waals surface area contributed by atoms with Crippen molar-refractivity contribution in [3.63, 3.8) is 0 Å². The van der Waals surface area contributed by atoms with Crippen molar-refractivity contribution in [3.05, 3.63) is 35.4 Å². The van der Waals surface area contributed by atoms with Crippen LogP contribution in [0.1, 0.15) is 15.9 Å². The molecule has 0 radical (unpaired) electrons. The fourth-order valence-electron chi connectivity index (χ4n) is 2.07. The third kappa shape index (κ3) is 2.49. The summed E-state index contributed by atoms with van der Waals surface area (Å²) < 4.78 is 5.17. The van der Waals surface area contributed by atoms with Gasteiger partial charge in [0.15, 0.2) is 11.3 Å². The summed E-state index contributed by atoms with van der Waals surface area (Å²) in [6.45, 7) is 0.716. The highest BCUT2D eigenvalue weighted by Crippen LogP contribution is 2.21. The number of aliphatic imine (C=N–C) groups is 1. The number of cyclic esters (lactones) is 1. The molecule has 98 valence electrons. The summed E-state index contributed by atoms with van der Waals surface area (Å²) in [5, 5.41) is 3.31. The second-order valence-corrected chi connectivity index (χ2v) is 5.36. The molecule has 0 aromatic heterocycles. The molecule has 0 saturated heterocycles. The number of benzene rings is 1. The Bertz CT molecular complexity index is 571. The number of nitrogens with zero attached hydrogens (tertiary/aromatic N) is 1. The number of ether oxygens (including phenoxy) is 1. The quantitative estimate of drug-likeness (QED) is 0.777. The summed E-state index contributed by atoms with van der Waals surface area (Å²) >= 11 is 1.50. The van der Waals surface area contributed by atoms with Gasteiger partial charge in [0, 0.05) is 12.2 Å². The van der Waals surface area contributed by atoms with Gasteiger partial charge in [0.1, 0.15) is 0 Å². The van der Waals surface area contributed by atoms with E-state index in [4.69, 9.17) is 4.74 Å². The van der Waals surface area contributed by atoms with Gasteiger partial charge in [-0.3, -0.25) is 9.79 Å². The number of amides is 1. The molecule has 1 atom stereocenters. The number of carbonyl (C=O) groups excluding carboxylic acids is 2. The number of hydrogen-bond acceptors (Lipinski definition) is 5. The van der Waals surface area contributed by atoms with Crippen LogP contribution in [-0.4, -0.2) is 35.4 Å². The number of fused-ring (bicyclic) bond motifs is 1. The van der Waals surface area contributed by atoms with Crippen molar-refractivity contribution in [2.45, 2.75) is 12.5 Å². The fourth-order valence-corrected chi connectivity index (χ4v) is 2.81. The Labute approximate surface area is 114 Å². The molecule has 2 aliphatic heterocycles. The van der Waals surface area contributed by atoms with Crippen molar-refractivity contribution in [1.29, 1.82) is 0 Å². The van der Waals surface area contributed by atoms with Crippen LogP contribution >= 0.6 is 11.8 Å². The molecular weight excluding hydrogens is 264 g/mol. The van der Waals surface area contributed by atoms with Crippen LogP contribution in [0, 0.1) is 0 Å².